The second kappa shape index (κ2) is 7.61. The average Bonchev–Trinajstić information content (AvgIpc) is 2.45. The molecule has 106 valence electrons. The molecule has 0 spiro atoms. The number of hydrogen-bond acceptors (Lipinski definition) is 3. The minimum atomic E-state index is 0.441. The molecule has 0 saturated carbocycles. The Balaban J connectivity index is 2.04. The minimum absolute atomic E-state index is 0.441. The van der Waals surface area contributed by atoms with Gasteiger partial charge in [-0.25, -0.2) is 0 Å². The Bertz CT molecular complexity index is 375. The summed E-state index contributed by atoms with van der Waals surface area (Å²) in [5, 5.41) is 3.69. The smallest absolute Gasteiger partial charge is 0.0468 e. The number of ether oxygens (including phenoxy) is 1. The molecule has 1 atom stereocenters. The Morgan fingerprint density at radius 2 is 2.21 bits per heavy atom. The molecule has 1 aliphatic heterocycles. The lowest BCUT2D eigenvalue weighted by molar-refractivity contribution is 0.0605. The standard InChI is InChI=1S/C16H26N2O/c1-3-8-18-16(12-14-6-10-19-11-7-14)15-5-4-9-17-13(15)2/h4-5,9,14,16,18H,3,6-8,10-12H2,1-2H3. The minimum Gasteiger partial charge on any atom is -0.381 e. The van der Waals surface area contributed by atoms with E-state index in [2.05, 4.69) is 30.2 Å². The zero-order valence-corrected chi connectivity index (χ0v) is 12.2. The van der Waals surface area contributed by atoms with Gasteiger partial charge in [-0.05, 0) is 56.7 Å². The molecular weight excluding hydrogens is 236 g/mol. The van der Waals surface area contributed by atoms with Gasteiger partial charge in [0.1, 0.15) is 0 Å². The number of aryl methyl sites for hydroxylation is 1. The van der Waals surface area contributed by atoms with Crippen molar-refractivity contribution in [2.24, 2.45) is 5.92 Å². The van der Waals surface area contributed by atoms with Crippen molar-refractivity contribution in [1.29, 1.82) is 0 Å². The second-order valence-corrected chi connectivity index (χ2v) is 5.48. The molecule has 1 aromatic rings. The number of hydrogen-bond donors (Lipinski definition) is 1. The fourth-order valence-electron chi connectivity index (χ4n) is 2.82. The molecule has 1 aliphatic rings. The Morgan fingerprint density at radius 3 is 2.89 bits per heavy atom. The van der Waals surface area contributed by atoms with Crippen LogP contribution in [0.3, 0.4) is 0 Å². The van der Waals surface area contributed by atoms with E-state index in [1.807, 2.05) is 12.3 Å². The summed E-state index contributed by atoms with van der Waals surface area (Å²) in [6.07, 6.45) is 6.65. The highest BCUT2D eigenvalue weighted by atomic mass is 16.5. The SMILES string of the molecule is CCCNC(CC1CCOCC1)c1cccnc1C. The van der Waals surface area contributed by atoms with Crippen molar-refractivity contribution in [3.63, 3.8) is 0 Å². The van der Waals surface area contributed by atoms with Crippen LogP contribution in [0, 0.1) is 12.8 Å². The van der Waals surface area contributed by atoms with E-state index in [9.17, 15) is 0 Å². The molecule has 0 bridgehead atoms. The monoisotopic (exact) mass is 262 g/mol. The van der Waals surface area contributed by atoms with E-state index in [0.717, 1.165) is 31.4 Å². The van der Waals surface area contributed by atoms with Gasteiger partial charge >= 0.3 is 0 Å². The molecule has 2 heterocycles. The largest absolute Gasteiger partial charge is 0.381 e. The van der Waals surface area contributed by atoms with Gasteiger partial charge in [0.15, 0.2) is 0 Å². The second-order valence-electron chi connectivity index (χ2n) is 5.48. The predicted octanol–water partition coefficient (Wildman–Crippen LogP) is 3.25. The molecule has 2 rings (SSSR count). The van der Waals surface area contributed by atoms with Crippen LogP contribution in [0.5, 0.6) is 0 Å². The van der Waals surface area contributed by atoms with Crippen molar-refractivity contribution >= 4 is 0 Å². The van der Waals surface area contributed by atoms with Crippen molar-refractivity contribution in [2.75, 3.05) is 19.8 Å². The quantitative estimate of drug-likeness (QED) is 0.854. The summed E-state index contributed by atoms with van der Waals surface area (Å²) in [6.45, 7) is 7.26. The molecule has 0 aromatic carbocycles. The Hall–Kier alpha value is -0.930. The number of aromatic nitrogens is 1. The van der Waals surface area contributed by atoms with Crippen LogP contribution < -0.4 is 5.32 Å². The first-order valence-electron chi connectivity index (χ1n) is 7.54. The summed E-state index contributed by atoms with van der Waals surface area (Å²) in [5.41, 5.74) is 2.52. The number of rotatable bonds is 6. The highest BCUT2D eigenvalue weighted by molar-refractivity contribution is 5.22. The van der Waals surface area contributed by atoms with Crippen LogP contribution in [-0.4, -0.2) is 24.7 Å². The van der Waals surface area contributed by atoms with E-state index < -0.39 is 0 Å². The van der Waals surface area contributed by atoms with Crippen LogP contribution in [0.1, 0.15) is 49.9 Å². The van der Waals surface area contributed by atoms with Crippen LogP contribution in [-0.2, 0) is 4.74 Å². The van der Waals surface area contributed by atoms with Crippen LogP contribution in [0.25, 0.3) is 0 Å². The summed E-state index contributed by atoms with van der Waals surface area (Å²) in [7, 11) is 0. The van der Waals surface area contributed by atoms with Gasteiger partial charge in [0, 0.05) is 31.1 Å². The molecule has 1 aromatic heterocycles. The molecule has 0 aliphatic carbocycles. The maximum absolute atomic E-state index is 5.46. The first-order valence-corrected chi connectivity index (χ1v) is 7.54. The van der Waals surface area contributed by atoms with Crippen molar-refractivity contribution in [3.8, 4) is 0 Å². The first-order chi connectivity index (χ1) is 9.31. The Kier molecular flexibility index (Phi) is 5.80. The number of nitrogens with zero attached hydrogens (tertiary/aromatic N) is 1. The summed E-state index contributed by atoms with van der Waals surface area (Å²) in [4.78, 5) is 4.44. The summed E-state index contributed by atoms with van der Waals surface area (Å²) >= 11 is 0. The fraction of sp³-hybridized carbons (Fsp3) is 0.688. The van der Waals surface area contributed by atoms with Crippen LogP contribution in [0.2, 0.25) is 0 Å². The van der Waals surface area contributed by atoms with E-state index in [1.54, 1.807) is 0 Å². The van der Waals surface area contributed by atoms with Crippen molar-refractivity contribution in [1.82, 2.24) is 10.3 Å². The maximum Gasteiger partial charge on any atom is 0.0468 e. The zero-order valence-electron chi connectivity index (χ0n) is 12.2. The number of pyridine rings is 1. The summed E-state index contributed by atoms with van der Waals surface area (Å²) < 4.78 is 5.46. The fourth-order valence-corrected chi connectivity index (χ4v) is 2.82. The Morgan fingerprint density at radius 1 is 1.42 bits per heavy atom. The average molecular weight is 262 g/mol. The van der Waals surface area contributed by atoms with E-state index in [4.69, 9.17) is 4.74 Å². The van der Waals surface area contributed by atoms with Gasteiger partial charge in [-0.15, -0.1) is 0 Å². The molecule has 1 unspecified atom stereocenters. The maximum atomic E-state index is 5.46. The lowest BCUT2D eigenvalue weighted by atomic mass is 9.89. The third-order valence-corrected chi connectivity index (χ3v) is 3.97. The van der Waals surface area contributed by atoms with Gasteiger partial charge in [-0.3, -0.25) is 4.98 Å². The van der Waals surface area contributed by atoms with Crippen molar-refractivity contribution in [2.45, 2.75) is 45.6 Å². The lowest BCUT2D eigenvalue weighted by Crippen LogP contribution is -2.27. The van der Waals surface area contributed by atoms with Crippen molar-refractivity contribution in [3.05, 3.63) is 29.6 Å². The lowest BCUT2D eigenvalue weighted by Gasteiger charge is -2.28. The topological polar surface area (TPSA) is 34.1 Å². The van der Waals surface area contributed by atoms with E-state index in [-0.39, 0.29) is 0 Å². The van der Waals surface area contributed by atoms with Gasteiger partial charge in [-0.2, -0.15) is 0 Å². The molecule has 19 heavy (non-hydrogen) atoms. The highest BCUT2D eigenvalue weighted by Gasteiger charge is 2.21. The molecule has 1 fully saturated rings. The molecule has 0 radical (unpaired) electrons. The zero-order chi connectivity index (χ0) is 13.5. The summed E-state index contributed by atoms with van der Waals surface area (Å²) in [6, 6.07) is 4.71. The highest BCUT2D eigenvalue weighted by Crippen LogP contribution is 2.28. The molecule has 1 saturated heterocycles. The summed E-state index contributed by atoms with van der Waals surface area (Å²) in [5.74, 6) is 0.780. The first kappa shape index (κ1) is 14.5. The van der Waals surface area contributed by atoms with E-state index in [0.29, 0.717) is 6.04 Å². The predicted molar refractivity (Wildman–Crippen MR) is 78.2 cm³/mol. The van der Waals surface area contributed by atoms with Crippen LogP contribution in [0.4, 0.5) is 0 Å². The molecule has 0 amide bonds. The van der Waals surface area contributed by atoms with E-state index >= 15 is 0 Å². The molecular formula is C16H26N2O. The van der Waals surface area contributed by atoms with E-state index in [1.165, 1.54) is 31.2 Å². The van der Waals surface area contributed by atoms with Gasteiger partial charge in [0.05, 0.1) is 0 Å². The Labute approximate surface area is 116 Å². The van der Waals surface area contributed by atoms with Gasteiger partial charge in [0.2, 0.25) is 0 Å². The third kappa shape index (κ3) is 4.29. The van der Waals surface area contributed by atoms with Gasteiger partial charge < -0.3 is 10.1 Å². The van der Waals surface area contributed by atoms with Gasteiger partial charge in [0.25, 0.3) is 0 Å². The molecule has 3 nitrogen and oxygen atoms in total. The normalized spacial score (nSPS) is 18.4. The molecule has 3 heteroatoms. The third-order valence-electron chi connectivity index (χ3n) is 3.97. The van der Waals surface area contributed by atoms with Gasteiger partial charge in [-0.1, -0.05) is 13.0 Å². The van der Waals surface area contributed by atoms with Crippen molar-refractivity contribution < 1.29 is 4.74 Å². The van der Waals surface area contributed by atoms with Crippen LogP contribution in [0.15, 0.2) is 18.3 Å². The molecule has 1 N–H and O–H groups in total. The number of nitrogens with one attached hydrogen (secondary N) is 1. The van der Waals surface area contributed by atoms with Crippen LogP contribution >= 0.6 is 0 Å².